The molecule has 0 aliphatic heterocycles. The van der Waals surface area contributed by atoms with Gasteiger partial charge in [-0.2, -0.15) is 0 Å². The lowest BCUT2D eigenvalue weighted by Gasteiger charge is -1.98. The molecule has 0 aromatic carbocycles. The Morgan fingerprint density at radius 2 is 2.30 bits per heavy atom. The number of hydrogen-bond acceptors (Lipinski definition) is 2. The van der Waals surface area contributed by atoms with Crippen molar-refractivity contribution in [2.45, 2.75) is 0 Å². The summed E-state index contributed by atoms with van der Waals surface area (Å²) in [6, 6.07) is 0. The van der Waals surface area contributed by atoms with Crippen LogP contribution in [0, 0.1) is 5.82 Å². The fourth-order valence-electron chi connectivity index (χ4n) is 0.457. The highest BCUT2D eigenvalue weighted by molar-refractivity contribution is 9.10. The molecule has 0 radical (unpaired) electrons. The quantitative estimate of drug-likeness (QED) is 0.688. The van der Waals surface area contributed by atoms with E-state index in [0.717, 1.165) is 0 Å². The van der Waals surface area contributed by atoms with Crippen LogP contribution in [0.5, 0.6) is 0 Å². The molecule has 1 rings (SSSR count). The van der Waals surface area contributed by atoms with Gasteiger partial charge in [0.2, 0.25) is 0 Å². The van der Waals surface area contributed by atoms with Crippen molar-refractivity contribution in [2.75, 3.05) is 5.73 Å². The summed E-state index contributed by atoms with van der Waals surface area (Å²) in [7, 11) is 0. The molecule has 0 atom stereocenters. The van der Waals surface area contributed by atoms with Gasteiger partial charge in [-0.25, -0.2) is 9.37 Å². The van der Waals surface area contributed by atoms with Crippen molar-refractivity contribution in [3.63, 3.8) is 0 Å². The lowest BCUT2D eigenvalue weighted by atomic mass is 10.4. The number of pyridine rings is 1. The van der Waals surface area contributed by atoms with Crippen molar-refractivity contribution in [1.82, 2.24) is 4.98 Å². The Hall–Kier alpha value is -0.350. The largest absolute Gasteiger partial charge is 0.396 e. The molecule has 2 nitrogen and oxygen atoms in total. The molecule has 0 aliphatic carbocycles. The standard InChI is InChI=1S/C5H3BrClFN2/c6-3-2(9)1-10-5(7)4(3)8/h1H,9H2. The summed E-state index contributed by atoms with van der Waals surface area (Å²) in [6.45, 7) is 0. The molecular formula is C5H3BrClFN2. The highest BCUT2D eigenvalue weighted by Gasteiger charge is 2.07. The topological polar surface area (TPSA) is 38.9 Å². The molecule has 0 saturated heterocycles. The summed E-state index contributed by atoms with van der Waals surface area (Å²) in [5.41, 5.74) is 5.52. The molecule has 10 heavy (non-hydrogen) atoms. The molecule has 54 valence electrons. The third kappa shape index (κ3) is 1.22. The van der Waals surface area contributed by atoms with E-state index in [2.05, 4.69) is 20.9 Å². The molecule has 2 N–H and O–H groups in total. The lowest BCUT2D eigenvalue weighted by Crippen LogP contribution is -1.92. The SMILES string of the molecule is Nc1cnc(Cl)c(F)c1Br. The summed E-state index contributed by atoms with van der Waals surface area (Å²) >= 11 is 8.22. The molecule has 0 aliphatic rings. The van der Waals surface area contributed by atoms with Gasteiger partial charge < -0.3 is 5.73 Å². The Kier molecular flexibility index (Phi) is 2.11. The summed E-state index contributed by atoms with van der Waals surface area (Å²) in [5, 5.41) is -0.180. The Morgan fingerprint density at radius 1 is 1.70 bits per heavy atom. The minimum atomic E-state index is -0.623. The minimum Gasteiger partial charge on any atom is -0.396 e. The Labute approximate surface area is 70.3 Å². The first-order valence-electron chi connectivity index (χ1n) is 2.38. The zero-order chi connectivity index (χ0) is 7.72. The third-order valence-electron chi connectivity index (χ3n) is 0.944. The van der Waals surface area contributed by atoms with Crippen LogP contribution in [0.3, 0.4) is 0 Å². The van der Waals surface area contributed by atoms with Gasteiger partial charge in [0.1, 0.15) is 0 Å². The number of nitrogen functional groups attached to an aromatic ring is 1. The molecule has 0 spiro atoms. The summed E-state index contributed by atoms with van der Waals surface area (Å²) in [4.78, 5) is 3.47. The van der Waals surface area contributed by atoms with Gasteiger partial charge in [0.05, 0.1) is 16.4 Å². The number of nitrogens with zero attached hydrogens (tertiary/aromatic N) is 1. The average Bonchev–Trinajstić information content (AvgIpc) is 1.93. The maximum atomic E-state index is 12.7. The van der Waals surface area contributed by atoms with Crippen LogP contribution in [0.25, 0.3) is 0 Å². The highest BCUT2D eigenvalue weighted by atomic mass is 79.9. The predicted octanol–water partition coefficient (Wildman–Crippen LogP) is 2.22. The van der Waals surface area contributed by atoms with Crippen LogP contribution in [0.1, 0.15) is 0 Å². The van der Waals surface area contributed by atoms with E-state index >= 15 is 0 Å². The first kappa shape index (κ1) is 7.75. The molecule has 0 amide bonds. The third-order valence-corrected chi connectivity index (χ3v) is 2.01. The van der Waals surface area contributed by atoms with E-state index in [1.807, 2.05) is 0 Å². The number of hydrogen-bond donors (Lipinski definition) is 1. The van der Waals surface area contributed by atoms with Crippen LogP contribution < -0.4 is 5.73 Å². The first-order valence-corrected chi connectivity index (χ1v) is 3.55. The van der Waals surface area contributed by atoms with Crippen molar-refractivity contribution in [1.29, 1.82) is 0 Å². The molecule has 0 bridgehead atoms. The minimum absolute atomic E-state index is 0.160. The molecule has 1 aromatic heterocycles. The van der Waals surface area contributed by atoms with Crippen molar-refractivity contribution < 1.29 is 4.39 Å². The van der Waals surface area contributed by atoms with Gasteiger partial charge in [0.25, 0.3) is 0 Å². The van der Waals surface area contributed by atoms with Gasteiger partial charge in [0.15, 0.2) is 11.0 Å². The Bertz CT molecular complexity index is 239. The molecule has 1 heterocycles. The second-order valence-corrected chi connectivity index (χ2v) is 2.78. The highest BCUT2D eigenvalue weighted by Crippen LogP contribution is 2.25. The number of halogens is 3. The van der Waals surface area contributed by atoms with Gasteiger partial charge in [0, 0.05) is 0 Å². The maximum absolute atomic E-state index is 12.7. The van der Waals surface area contributed by atoms with Gasteiger partial charge >= 0.3 is 0 Å². The first-order chi connectivity index (χ1) is 4.63. The van der Waals surface area contributed by atoms with E-state index in [-0.39, 0.29) is 15.3 Å². The second kappa shape index (κ2) is 2.72. The van der Waals surface area contributed by atoms with E-state index in [1.54, 1.807) is 0 Å². The van der Waals surface area contributed by atoms with Crippen LogP contribution in [0.4, 0.5) is 10.1 Å². The molecule has 0 unspecified atom stereocenters. The normalized spacial score (nSPS) is 9.90. The van der Waals surface area contributed by atoms with Crippen molar-refractivity contribution in [3.05, 3.63) is 21.6 Å². The number of nitrogens with two attached hydrogens (primary N) is 1. The monoisotopic (exact) mass is 224 g/mol. The van der Waals surface area contributed by atoms with Crippen LogP contribution in [0.2, 0.25) is 5.15 Å². The van der Waals surface area contributed by atoms with E-state index < -0.39 is 5.82 Å². The van der Waals surface area contributed by atoms with Crippen molar-refractivity contribution in [2.24, 2.45) is 0 Å². The number of anilines is 1. The van der Waals surface area contributed by atoms with E-state index in [1.165, 1.54) is 6.20 Å². The number of aromatic nitrogens is 1. The smallest absolute Gasteiger partial charge is 0.176 e. The van der Waals surface area contributed by atoms with E-state index in [4.69, 9.17) is 17.3 Å². The molecular weight excluding hydrogens is 222 g/mol. The zero-order valence-corrected chi connectivity index (χ0v) is 7.08. The fraction of sp³-hybridized carbons (Fsp3) is 0. The van der Waals surface area contributed by atoms with Gasteiger partial charge in [-0.1, -0.05) is 11.6 Å². The van der Waals surface area contributed by atoms with Crippen molar-refractivity contribution in [3.8, 4) is 0 Å². The maximum Gasteiger partial charge on any atom is 0.176 e. The van der Waals surface area contributed by atoms with Gasteiger partial charge in [-0.3, -0.25) is 0 Å². The zero-order valence-electron chi connectivity index (χ0n) is 4.74. The van der Waals surface area contributed by atoms with Gasteiger partial charge in [-0.05, 0) is 15.9 Å². The van der Waals surface area contributed by atoms with Crippen LogP contribution in [-0.4, -0.2) is 4.98 Å². The Morgan fingerprint density at radius 3 is 2.80 bits per heavy atom. The molecule has 5 heteroatoms. The lowest BCUT2D eigenvalue weighted by molar-refractivity contribution is 0.616. The fourth-order valence-corrected chi connectivity index (χ4v) is 1.00. The van der Waals surface area contributed by atoms with Crippen LogP contribution in [0.15, 0.2) is 10.7 Å². The van der Waals surface area contributed by atoms with Gasteiger partial charge in [-0.15, -0.1) is 0 Å². The van der Waals surface area contributed by atoms with Crippen molar-refractivity contribution >= 4 is 33.2 Å². The second-order valence-electron chi connectivity index (χ2n) is 1.63. The summed E-state index contributed by atoms with van der Waals surface area (Å²) in [6.07, 6.45) is 1.29. The average molecular weight is 225 g/mol. The summed E-state index contributed by atoms with van der Waals surface area (Å²) in [5.74, 6) is -0.623. The van der Waals surface area contributed by atoms with E-state index in [0.29, 0.717) is 0 Å². The Balaban J connectivity index is 3.34. The number of rotatable bonds is 0. The van der Waals surface area contributed by atoms with E-state index in [9.17, 15) is 4.39 Å². The molecule has 0 fully saturated rings. The molecule has 1 aromatic rings. The summed E-state index contributed by atoms with van der Waals surface area (Å²) < 4.78 is 12.8. The molecule has 0 saturated carbocycles. The predicted molar refractivity (Wildman–Crippen MR) is 41.3 cm³/mol. The van der Waals surface area contributed by atoms with Crippen LogP contribution >= 0.6 is 27.5 Å². The van der Waals surface area contributed by atoms with Crippen LogP contribution in [-0.2, 0) is 0 Å².